The number of nitrogens with zero attached hydrogens (tertiary/aromatic N) is 4. The molecular formula is C24H25N5O. The van der Waals surface area contributed by atoms with Crippen LogP contribution in [0.1, 0.15) is 31.7 Å². The second kappa shape index (κ2) is 7.78. The van der Waals surface area contributed by atoms with Gasteiger partial charge in [0.25, 0.3) is 0 Å². The van der Waals surface area contributed by atoms with Gasteiger partial charge in [-0.1, -0.05) is 0 Å². The number of hydrogen-bond donors (Lipinski definition) is 1. The van der Waals surface area contributed by atoms with Crippen molar-refractivity contribution in [3.63, 3.8) is 0 Å². The lowest BCUT2D eigenvalue weighted by Crippen LogP contribution is -2.20. The number of rotatable bonds is 5. The summed E-state index contributed by atoms with van der Waals surface area (Å²) in [6, 6.07) is 14.4. The first-order chi connectivity index (χ1) is 14.7. The highest BCUT2D eigenvalue weighted by atomic mass is 16.5. The molecule has 1 fully saturated rings. The highest BCUT2D eigenvalue weighted by Crippen LogP contribution is 2.33. The minimum Gasteiger partial charge on any atom is -0.491 e. The molecule has 0 bridgehead atoms. The van der Waals surface area contributed by atoms with Gasteiger partial charge < -0.3 is 9.64 Å². The Labute approximate surface area is 175 Å². The average Bonchev–Trinajstić information content (AvgIpc) is 3.41. The van der Waals surface area contributed by atoms with Crippen molar-refractivity contribution in [3.8, 4) is 17.0 Å². The van der Waals surface area contributed by atoms with E-state index in [0.29, 0.717) is 5.92 Å². The van der Waals surface area contributed by atoms with Crippen LogP contribution < -0.4 is 9.64 Å². The largest absolute Gasteiger partial charge is 0.491 e. The van der Waals surface area contributed by atoms with E-state index in [2.05, 4.69) is 49.3 Å². The zero-order chi connectivity index (χ0) is 20.5. The Morgan fingerprint density at radius 3 is 2.77 bits per heavy atom. The average molecular weight is 399 g/mol. The maximum absolute atomic E-state index is 5.87. The SMILES string of the molecule is CC(C)Oc1ccc2[nH]nc(-c3ccnc(N4CCC(c5ccncc5)C4)c3)c2c1. The third kappa shape index (κ3) is 3.61. The van der Waals surface area contributed by atoms with Gasteiger partial charge in [0.1, 0.15) is 17.3 Å². The van der Waals surface area contributed by atoms with Gasteiger partial charge in [-0.3, -0.25) is 10.1 Å². The first kappa shape index (κ1) is 18.6. The molecular weight excluding hydrogens is 374 g/mol. The maximum atomic E-state index is 5.87. The Morgan fingerprint density at radius 2 is 1.93 bits per heavy atom. The number of pyridine rings is 2. The molecule has 5 rings (SSSR count). The van der Waals surface area contributed by atoms with Gasteiger partial charge in [0.2, 0.25) is 0 Å². The van der Waals surface area contributed by atoms with E-state index in [-0.39, 0.29) is 6.10 Å². The molecule has 6 heteroatoms. The van der Waals surface area contributed by atoms with Crippen molar-refractivity contribution in [1.29, 1.82) is 0 Å². The standard InChI is InChI=1S/C24H25N5O/c1-16(2)30-20-3-4-22-21(14-20)24(28-27-22)18-7-11-26-23(13-18)29-12-8-19(15-29)17-5-9-25-10-6-17/h3-7,9-11,13-14,16,19H,8,12,15H2,1-2H3,(H,27,28). The first-order valence-corrected chi connectivity index (χ1v) is 10.4. The normalized spacial score (nSPS) is 16.5. The summed E-state index contributed by atoms with van der Waals surface area (Å²) < 4.78 is 5.87. The molecule has 30 heavy (non-hydrogen) atoms. The number of hydrogen-bond acceptors (Lipinski definition) is 5. The summed E-state index contributed by atoms with van der Waals surface area (Å²) in [6.07, 6.45) is 6.87. The maximum Gasteiger partial charge on any atom is 0.129 e. The number of ether oxygens (including phenoxy) is 1. The molecule has 1 aliphatic rings. The highest BCUT2D eigenvalue weighted by Gasteiger charge is 2.25. The quantitative estimate of drug-likeness (QED) is 0.522. The van der Waals surface area contributed by atoms with Crippen molar-refractivity contribution in [2.75, 3.05) is 18.0 Å². The van der Waals surface area contributed by atoms with Crippen LogP contribution in [0.25, 0.3) is 22.2 Å². The van der Waals surface area contributed by atoms with Crippen molar-refractivity contribution < 1.29 is 4.74 Å². The van der Waals surface area contributed by atoms with Crippen LogP contribution in [0, 0.1) is 0 Å². The number of fused-ring (bicyclic) bond motifs is 1. The summed E-state index contributed by atoms with van der Waals surface area (Å²) in [4.78, 5) is 11.1. The van der Waals surface area contributed by atoms with Gasteiger partial charge in [-0.2, -0.15) is 5.10 Å². The zero-order valence-electron chi connectivity index (χ0n) is 17.2. The number of benzene rings is 1. The van der Waals surface area contributed by atoms with Crippen LogP contribution in [-0.4, -0.2) is 39.4 Å². The molecule has 1 N–H and O–H groups in total. The van der Waals surface area contributed by atoms with Crippen molar-refractivity contribution in [2.45, 2.75) is 32.3 Å². The molecule has 152 valence electrons. The summed E-state index contributed by atoms with van der Waals surface area (Å²) in [5.74, 6) is 2.37. The van der Waals surface area contributed by atoms with E-state index < -0.39 is 0 Å². The Hall–Kier alpha value is -3.41. The number of H-pyrrole nitrogens is 1. The number of aromatic amines is 1. The van der Waals surface area contributed by atoms with E-state index >= 15 is 0 Å². The second-order valence-corrected chi connectivity index (χ2v) is 8.06. The molecule has 0 amide bonds. The van der Waals surface area contributed by atoms with Gasteiger partial charge in [0.05, 0.1) is 11.6 Å². The molecule has 0 saturated carbocycles. The molecule has 1 aliphatic heterocycles. The third-order valence-electron chi connectivity index (χ3n) is 5.61. The Kier molecular flexibility index (Phi) is 4.83. The molecule has 0 radical (unpaired) electrons. The van der Waals surface area contributed by atoms with E-state index in [4.69, 9.17) is 4.74 Å². The number of anilines is 1. The fourth-order valence-electron chi connectivity index (χ4n) is 4.17. The van der Waals surface area contributed by atoms with Crippen LogP contribution >= 0.6 is 0 Å². The van der Waals surface area contributed by atoms with Gasteiger partial charge in [-0.25, -0.2) is 4.98 Å². The van der Waals surface area contributed by atoms with E-state index in [1.165, 1.54) is 5.56 Å². The van der Waals surface area contributed by atoms with Gasteiger partial charge >= 0.3 is 0 Å². The van der Waals surface area contributed by atoms with Crippen molar-refractivity contribution in [1.82, 2.24) is 20.2 Å². The van der Waals surface area contributed by atoms with Crippen molar-refractivity contribution in [3.05, 3.63) is 66.6 Å². The second-order valence-electron chi connectivity index (χ2n) is 8.06. The van der Waals surface area contributed by atoms with Crippen LogP contribution in [0.3, 0.4) is 0 Å². The van der Waals surface area contributed by atoms with Crippen LogP contribution in [-0.2, 0) is 0 Å². The lowest BCUT2D eigenvalue weighted by molar-refractivity contribution is 0.243. The van der Waals surface area contributed by atoms with Gasteiger partial charge in [-0.05, 0) is 68.3 Å². The first-order valence-electron chi connectivity index (χ1n) is 10.4. The van der Waals surface area contributed by atoms with Gasteiger partial charge in [0, 0.05) is 48.5 Å². The minimum atomic E-state index is 0.133. The molecule has 1 saturated heterocycles. The monoisotopic (exact) mass is 399 g/mol. The van der Waals surface area contributed by atoms with Gasteiger partial charge in [0.15, 0.2) is 0 Å². The van der Waals surface area contributed by atoms with Crippen molar-refractivity contribution in [2.24, 2.45) is 0 Å². The molecule has 0 aliphatic carbocycles. The van der Waals surface area contributed by atoms with E-state index in [1.54, 1.807) is 0 Å². The predicted octanol–water partition coefficient (Wildman–Crippen LogP) is 4.80. The Morgan fingerprint density at radius 1 is 1.07 bits per heavy atom. The molecule has 4 aromatic rings. The summed E-state index contributed by atoms with van der Waals surface area (Å²) in [5, 5.41) is 8.78. The van der Waals surface area contributed by atoms with Crippen LogP contribution in [0.4, 0.5) is 5.82 Å². The molecule has 1 unspecified atom stereocenters. The van der Waals surface area contributed by atoms with E-state index in [9.17, 15) is 0 Å². The summed E-state index contributed by atoms with van der Waals surface area (Å²) >= 11 is 0. The fraction of sp³-hybridized carbons (Fsp3) is 0.292. The topological polar surface area (TPSA) is 66.9 Å². The van der Waals surface area contributed by atoms with E-state index in [0.717, 1.165) is 53.2 Å². The lowest BCUT2D eigenvalue weighted by atomic mass is 10.00. The summed E-state index contributed by atoms with van der Waals surface area (Å²) in [7, 11) is 0. The van der Waals surface area contributed by atoms with Gasteiger partial charge in [-0.15, -0.1) is 0 Å². The number of nitrogens with one attached hydrogen (secondary N) is 1. The van der Waals surface area contributed by atoms with Crippen LogP contribution in [0.15, 0.2) is 61.1 Å². The van der Waals surface area contributed by atoms with Crippen molar-refractivity contribution >= 4 is 16.7 Å². The number of aromatic nitrogens is 4. The fourth-order valence-corrected chi connectivity index (χ4v) is 4.17. The highest BCUT2D eigenvalue weighted by molar-refractivity contribution is 5.94. The van der Waals surface area contributed by atoms with E-state index in [1.807, 2.05) is 50.6 Å². The molecule has 6 nitrogen and oxygen atoms in total. The molecule has 0 spiro atoms. The minimum absolute atomic E-state index is 0.133. The molecule has 1 aromatic carbocycles. The predicted molar refractivity (Wildman–Crippen MR) is 119 cm³/mol. The summed E-state index contributed by atoms with van der Waals surface area (Å²) in [6.45, 7) is 6.03. The molecule has 3 aromatic heterocycles. The zero-order valence-corrected chi connectivity index (χ0v) is 17.2. The Bertz CT molecular complexity index is 1150. The lowest BCUT2D eigenvalue weighted by Gasteiger charge is -2.18. The molecule has 1 atom stereocenters. The smallest absolute Gasteiger partial charge is 0.129 e. The van der Waals surface area contributed by atoms with Crippen LogP contribution in [0.5, 0.6) is 5.75 Å². The summed E-state index contributed by atoms with van der Waals surface area (Å²) in [5.41, 5.74) is 4.33. The Balaban J connectivity index is 1.43. The third-order valence-corrected chi connectivity index (χ3v) is 5.61. The van der Waals surface area contributed by atoms with Crippen LogP contribution in [0.2, 0.25) is 0 Å². The molecule has 4 heterocycles.